The van der Waals surface area contributed by atoms with Gasteiger partial charge in [0.15, 0.2) is 0 Å². The van der Waals surface area contributed by atoms with Crippen LogP contribution in [0.1, 0.15) is 50.3 Å². The molecule has 3 heteroatoms. The Balaban J connectivity index is 1.95. The lowest BCUT2D eigenvalue weighted by Crippen LogP contribution is -2.13. The molecule has 17 heavy (non-hydrogen) atoms. The highest BCUT2D eigenvalue weighted by molar-refractivity contribution is 5.81. The van der Waals surface area contributed by atoms with Gasteiger partial charge in [-0.3, -0.25) is 9.48 Å². The molecule has 1 saturated carbocycles. The van der Waals surface area contributed by atoms with Crippen LogP contribution in [0.15, 0.2) is 24.9 Å². The summed E-state index contributed by atoms with van der Waals surface area (Å²) >= 11 is 0. The first kappa shape index (κ1) is 12.1. The Kier molecular flexibility index (Phi) is 4.13. The number of aromatic nitrogens is 2. The van der Waals surface area contributed by atoms with Crippen molar-refractivity contribution in [1.29, 1.82) is 0 Å². The van der Waals surface area contributed by atoms with E-state index in [1.807, 2.05) is 12.3 Å². The van der Waals surface area contributed by atoms with Gasteiger partial charge in [0.1, 0.15) is 5.78 Å². The lowest BCUT2D eigenvalue weighted by atomic mass is 9.96. The summed E-state index contributed by atoms with van der Waals surface area (Å²) in [5, 5.41) is 4.52. The molecule has 2 rings (SSSR count). The Morgan fingerprint density at radius 3 is 2.94 bits per heavy atom. The van der Waals surface area contributed by atoms with Crippen LogP contribution in [-0.2, 0) is 11.2 Å². The third kappa shape index (κ3) is 3.29. The van der Waals surface area contributed by atoms with Gasteiger partial charge in [0.25, 0.3) is 0 Å². The van der Waals surface area contributed by atoms with E-state index in [2.05, 4.69) is 16.4 Å². The quantitative estimate of drug-likeness (QED) is 0.731. The number of carbonyl (C=O) groups is 1. The van der Waals surface area contributed by atoms with Crippen molar-refractivity contribution in [3.63, 3.8) is 0 Å². The summed E-state index contributed by atoms with van der Waals surface area (Å²) < 4.78 is 2.05. The number of nitrogens with zero attached hydrogens (tertiary/aromatic N) is 2. The van der Waals surface area contributed by atoms with Crippen molar-refractivity contribution < 1.29 is 4.79 Å². The van der Waals surface area contributed by atoms with Gasteiger partial charge in [0, 0.05) is 12.6 Å². The van der Waals surface area contributed by atoms with Gasteiger partial charge in [0.2, 0.25) is 0 Å². The zero-order valence-corrected chi connectivity index (χ0v) is 10.3. The molecule has 0 N–H and O–H groups in total. The molecule has 0 amide bonds. The fourth-order valence-electron chi connectivity index (χ4n) is 2.46. The number of allylic oxidation sites excluding steroid dienone is 1. The van der Waals surface area contributed by atoms with Crippen LogP contribution in [0.5, 0.6) is 0 Å². The number of ketones is 1. The number of Topliss-reactive ketones (excluding diaryl/α,β-unsaturated/α-hetero) is 1. The Hall–Kier alpha value is -1.38. The summed E-state index contributed by atoms with van der Waals surface area (Å²) in [4.78, 5) is 11.5. The molecular weight excluding hydrogens is 212 g/mol. The highest BCUT2D eigenvalue weighted by atomic mass is 16.1. The highest BCUT2D eigenvalue weighted by Gasteiger charge is 2.16. The third-order valence-electron chi connectivity index (χ3n) is 3.36. The first-order valence-corrected chi connectivity index (χ1v) is 6.46. The lowest BCUT2D eigenvalue weighted by molar-refractivity contribution is -0.117. The molecule has 1 heterocycles. The molecule has 0 saturated heterocycles. The van der Waals surface area contributed by atoms with Gasteiger partial charge in [-0.05, 0) is 18.9 Å². The standard InChI is InChI=1S/C14H20N2O/c1-2-6-14(17)11-12-9-10-16(15-12)13-7-4-3-5-8-13/h2,9-10,13H,1,3-8,11H2. The van der Waals surface area contributed by atoms with E-state index >= 15 is 0 Å². The summed E-state index contributed by atoms with van der Waals surface area (Å²) in [6, 6.07) is 2.52. The zero-order chi connectivity index (χ0) is 12.1. The molecule has 0 spiro atoms. The van der Waals surface area contributed by atoms with Crippen molar-refractivity contribution in [2.75, 3.05) is 0 Å². The molecule has 0 radical (unpaired) electrons. The molecule has 0 aromatic carbocycles. The molecule has 1 aliphatic rings. The molecule has 3 nitrogen and oxygen atoms in total. The van der Waals surface area contributed by atoms with E-state index in [0.29, 0.717) is 18.9 Å². The molecule has 0 bridgehead atoms. The van der Waals surface area contributed by atoms with Gasteiger partial charge in [-0.2, -0.15) is 5.10 Å². The Bertz CT molecular complexity index is 389. The average Bonchev–Trinajstić information content (AvgIpc) is 2.79. The minimum absolute atomic E-state index is 0.189. The van der Waals surface area contributed by atoms with Crippen molar-refractivity contribution in [3.8, 4) is 0 Å². The topological polar surface area (TPSA) is 34.9 Å². The fraction of sp³-hybridized carbons (Fsp3) is 0.571. The van der Waals surface area contributed by atoms with Crippen molar-refractivity contribution in [1.82, 2.24) is 9.78 Å². The zero-order valence-electron chi connectivity index (χ0n) is 10.3. The predicted molar refractivity (Wildman–Crippen MR) is 67.9 cm³/mol. The molecule has 0 aliphatic heterocycles. The second-order valence-electron chi connectivity index (χ2n) is 4.79. The van der Waals surface area contributed by atoms with Gasteiger partial charge in [-0.25, -0.2) is 0 Å². The monoisotopic (exact) mass is 232 g/mol. The third-order valence-corrected chi connectivity index (χ3v) is 3.36. The van der Waals surface area contributed by atoms with Crippen LogP contribution in [0, 0.1) is 0 Å². The second-order valence-corrected chi connectivity index (χ2v) is 4.79. The first-order chi connectivity index (χ1) is 8.29. The molecule has 1 fully saturated rings. The second kappa shape index (κ2) is 5.80. The Morgan fingerprint density at radius 2 is 2.24 bits per heavy atom. The van der Waals surface area contributed by atoms with E-state index in [9.17, 15) is 4.79 Å². The van der Waals surface area contributed by atoms with Crippen molar-refractivity contribution in [3.05, 3.63) is 30.6 Å². The summed E-state index contributed by atoms with van der Waals surface area (Å²) in [6.07, 6.45) is 10.9. The van der Waals surface area contributed by atoms with Crippen molar-refractivity contribution in [2.45, 2.75) is 51.0 Å². The van der Waals surface area contributed by atoms with Crippen LogP contribution in [0.25, 0.3) is 0 Å². The lowest BCUT2D eigenvalue weighted by Gasteiger charge is -2.21. The normalized spacial score (nSPS) is 16.9. The molecule has 1 aromatic rings. The first-order valence-electron chi connectivity index (χ1n) is 6.46. The van der Waals surface area contributed by atoms with E-state index in [-0.39, 0.29) is 5.78 Å². The maximum absolute atomic E-state index is 11.5. The predicted octanol–water partition coefficient (Wildman–Crippen LogP) is 3.08. The molecular formula is C14H20N2O. The van der Waals surface area contributed by atoms with Gasteiger partial charge in [-0.15, -0.1) is 6.58 Å². The summed E-state index contributed by atoms with van der Waals surface area (Å²) in [5.74, 6) is 0.189. The van der Waals surface area contributed by atoms with E-state index < -0.39 is 0 Å². The maximum Gasteiger partial charge on any atom is 0.142 e. The number of hydrogen-bond acceptors (Lipinski definition) is 2. The summed E-state index contributed by atoms with van der Waals surface area (Å²) in [7, 11) is 0. The largest absolute Gasteiger partial charge is 0.299 e. The molecule has 1 aliphatic carbocycles. The van der Waals surface area contributed by atoms with E-state index in [0.717, 1.165) is 5.69 Å². The van der Waals surface area contributed by atoms with Gasteiger partial charge >= 0.3 is 0 Å². The molecule has 0 atom stereocenters. The summed E-state index contributed by atoms with van der Waals surface area (Å²) in [6.45, 7) is 3.57. The number of carbonyl (C=O) groups excluding carboxylic acids is 1. The van der Waals surface area contributed by atoms with Crippen molar-refractivity contribution in [2.24, 2.45) is 0 Å². The van der Waals surface area contributed by atoms with E-state index in [4.69, 9.17) is 0 Å². The van der Waals surface area contributed by atoms with E-state index in [1.54, 1.807) is 6.08 Å². The minimum atomic E-state index is 0.189. The van der Waals surface area contributed by atoms with Crippen LogP contribution in [0.2, 0.25) is 0 Å². The minimum Gasteiger partial charge on any atom is -0.299 e. The van der Waals surface area contributed by atoms with Crippen LogP contribution in [0.4, 0.5) is 0 Å². The fourth-order valence-corrected chi connectivity index (χ4v) is 2.46. The summed E-state index contributed by atoms with van der Waals surface area (Å²) in [5.41, 5.74) is 0.891. The molecule has 1 aromatic heterocycles. The smallest absolute Gasteiger partial charge is 0.142 e. The average molecular weight is 232 g/mol. The molecule has 92 valence electrons. The number of hydrogen-bond donors (Lipinski definition) is 0. The van der Waals surface area contributed by atoms with Crippen LogP contribution < -0.4 is 0 Å². The van der Waals surface area contributed by atoms with Gasteiger partial charge in [-0.1, -0.05) is 25.3 Å². The van der Waals surface area contributed by atoms with Crippen LogP contribution in [-0.4, -0.2) is 15.6 Å². The van der Waals surface area contributed by atoms with Crippen LogP contribution >= 0.6 is 0 Å². The van der Waals surface area contributed by atoms with E-state index in [1.165, 1.54) is 32.1 Å². The van der Waals surface area contributed by atoms with Crippen LogP contribution in [0.3, 0.4) is 0 Å². The highest BCUT2D eigenvalue weighted by Crippen LogP contribution is 2.27. The van der Waals surface area contributed by atoms with Gasteiger partial charge < -0.3 is 0 Å². The Morgan fingerprint density at radius 1 is 1.47 bits per heavy atom. The van der Waals surface area contributed by atoms with Crippen molar-refractivity contribution >= 4 is 5.78 Å². The number of rotatable bonds is 5. The molecule has 0 unspecified atom stereocenters. The Labute approximate surface area is 103 Å². The van der Waals surface area contributed by atoms with Gasteiger partial charge in [0.05, 0.1) is 18.2 Å². The maximum atomic E-state index is 11.5. The SMILES string of the molecule is C=CCC(=O)Cc1ccn(C2CCCCC2)n1.